The first kappa shape index (κ1) is 9.44. The molecule has 1 aliphatic carbocycles. The van der Waals surface area contributed by atoms with Crippen LogP contribution in [0.2, 0.25) is 0 Å². The number of alkyl halides is 2. The van der Waals surface area contributed by atoms with Crippen LogP contribution in [0.15, 0.2) is 30.3 Å². The van der Waals surface area contributed by atoms with Gasteiger partial charge in [0.25, 0.3) is 0 Å². The summed E-state index contributed by atoms with van der Waals surface area (Å²) < 4.78 is 25.0. The van der Waals surface area contributed by atoms with Gasteiger partial charge in [-0.15, -0.1) is 0 Å². The predicted molar refractivity (Wildman–Crippen MR) is 52.6 cm³/mol. The van der Waals surface area contributed by atoms with Crippen LogP contribution in [0, 0.1) is 5.92 Å². The summed E-state index contributed by atoms with van der Waals surface area (Å²) in [6.45, 7) is 0.652. The minimum Gasteiger partial charge on any atom is -0.385 e. The Morgan fingerprint density at radius 2 is 1.86 bits per heavy atom. The largest absolute Gasteiger partial charge is 0.385 e. The highest BCUT2D eigenvalue weighted by molar-refractivity contribution is 5.42. The van der Waals surface area contributed by atoms with Crippen LogP contribution in [0.4, 0.5) is 14.5 Å². The summed E-state index contributed by atoms with van der Waals surface area (Å²) in [5, 5.41) is 3.15. The third kappa shape index (κ3) is 2.22. The Morgan fingerprint density at radius 1 is 1.21 bits per heavy atom. The smallest absolute Gasteiger partial charge is 0.248 e. The normalized spacial score (nSPS) is 20.1. The Morgan fingerprint density at radius 3 is 2.43 bits per heavy atom. The standard InChI is InChI=1S/C11H13F2N/c12-11(13)6-9(7-11)8-14-10-4-2-1-3-5-10/h1-5,9,14H,6-8H2. The van der Waals surface area contributed by atoms with Crippen LogP contribution >= 0.6 is 0 Å². The SMILES string of the molecule is FC1(F)CC(CNc2ccccc2)C1. The summed E-state index contributed by atoms with van der Waals surface area (Å²) in [7, 11) is 0. The van der Waals surface area contributed by atoms with Crippen molar-refractivity contribution >= 4 is 5.69 Å². The number of nitrogens with one attached hydrogen (secondary N) is 1. The Hall–Kier alpha value is -1.12. The molecular weight excluding hydrogens is 184 g/mol. The molecule has 2 rings (SSSR count). The Bertz CT molecular complexity index is 289. The number of hydrogen-bond acceptors (Lipinski definition) is 1. The van der Waals surface area contributed by atoms with Gasteiger partial charge in [-0.25, -0.2) is 8.78 Å². The van der Waals surface area contributed by atoms with Crippen molar-refractivity contribution < 1.29 is 8.78 Å². The molecule has 0 aliphatic heterocycles. The van der Waals surface area contributed by atoms with Crippen LogP contribution in [-0.4, -0.2) is 12.5 Å². The molecule has 1 N–H and O–H groups in total. The van der Waals surface area contributed by atoms with E-state index in [4.69, 9.17) is 0 Å². The molecule has 0 aromatic heterocycles. The van der Waals surface area contributed by atoms with Gasteiger partial charge in [-0.3, -0.25) is 0 Å². The fourth-order valence-electron chi connectivity index (χ4n) is 1.75. The highest BCUT2D eigenvalue weighted by atomic mass is 19.3. The van der Waals surface area contributed by atoms with E-state index in [1.807, 2.05) is 30.3 Å². The van der Waals surface area contributed by atoms with E-state index >= 15 is 0 Å². The van der Waals surface area contributed by atoms with Crippen molar-refractivity contribution in [1.29, 1.82) is 0 Å². The Kier molecular flexibility index (Phi) is 2.40. The summed E-state index contributed by atoms with van der Waals surface area (Å²) in [6, 6.07) is 9.67. The second-order valence-electron chi connectivity index (χ2n) is 3.88. The molecule has 0 radical (unpaired) electrons. The van der Waals surface area contributed by atoms with Crippen molar-refractivity contribution in [3.8, 4) is 0 Å². The number of halogens is 2. The molecule has 0 spiro atoms. The molecule has 1 aromatic carbocycles. The highest BCUT2D eigenvalue weighted by Crippen LogP contribution is 2.42. The molecule has 1 fully saturated rings. The quantitative estimate of drug-likeness (QED) is 0.784. The summed E-state index contributed by atoms with van der Waals surface area (Å²) >= 11 is 0. The molecule has 0 saturated heterocycles. The van der Waals surface area contributed by atoms with Gasteiger partial charge in [0.2, 0.25) is 5.92 Å². The molecule has 0 amide bonds. The first-order valence-electron chi connectivity index (χ1n) is 4.82. The molecule has 0 heterocycles. The van der Waals surface area contributed by atoms with Crippen molar-refractivity contribution in [2.24, 2.45) is 5.92 Å². The summed E-state index contributed by atoms with van der Waals surface area (Å²) in [5.74, 6) is -2.27. The highest BCUT2D eigenvalue weighted by Gasteiger charge is 2.44. The van der Waals surface area contributed by atoms with Gasteiger partial charge in [0.15, 0.2) is 0 Å². The van der Waals surface area contributed by atoms with E-state index in [1.54, 1.807) is 0 Å². The van der Waals surface area contributed by atoms with Crippen molar-refractivity contribution in [1.82, 2.24) is 0 Å². The third-order valence-electron chi connectivity index (χ3n) is 2.54. The van der Waals surface area contributed by atoms with E-state index < -0.39 is 5.92 Å². The van der Waals surface area contributed by atoms with E-state index in [0.717, 1.165) is 5.69 Å². The van der Waals surface area contributed by atoms with Gasteiger partial charge >= 0.3 is 0 Å². The lowest BCUT2D eigenvalue weighted by molar-refractivity contribution is -0.106. The zero-order valence-corrected chi connectivity index (χ0v) is 7.84. The van der Waals surface area contributed by atoms with Crippen LogP contribution < -0.4 is 5.32 Å². The Labute approximate surface area is 82.1 Å². The van der Waals surface area contributed by atoms with Crippen LogP contribution in [0.1, 0.15) is 12.8 Å². The molecule has 1 nitrogen and oxygen atoms in total. The number of anilines is 1. The van der Waals surface area contributed by atoms with E-state index in [9.17, 15) is 8.78 Å². The van der Waals surface area contributed by atoms with Crippen LogP contribution in [0.25, 0.3) is 0 Å². The van der Waals surface area contributed by atoms with Gasteiger partial charge in [0.05, 0.1) is 0 Å². The van der Waals surface area contributed by atoms with Crippen LogP contribution in [0.3, 0.4) is 0 Å². The maximum atomic E-state index is 12.5. The van der Waals surface area contributed by atoms with Crippen molar-refractivity contribution in [2.45, 2.75) is 18.8 Å². The maximum absolute atomic E-state index is 12.5. The second kappa shape index (κ2) is 3.56. The first-order valence-corrected chi connectivity index (χ1v) is 4.82. The minimum atomic E-state index is -2.40. The fraction of sp³-hybridized carbons (Fsp3) is 0.455. The Balaban J connectivity index is 1.75. The summed E-state index contributed by atoms with van der Waals surface area (Å²) in [4.78, 5) is 0. The summed E-state index contributed by atoms with van der Waals surface area (Å²) in [6.07, 6.45) is 0.0691. The molecule has 3 heteroatoms. The van der Waals surface area contributed by atoms with Crippen LogP contribution in [0.5, 0.6) is 0 Å². The molecule has 0 bridgehead atoms. The fourth-order valence-corrected chi connectivity index (χ4v) is 1.75. The molecule has 1 aromatic rings. The van der Waals surface area contributed by atoms with Crippen LogP contribution in [-0.2, 0) is 0 Å². The van der Waals surface area contributed by atoms with Gasteiger partial charge in [0.1, 0.15) is 0 Å². The topological polar surface area (TPSA) is 12.0 Å². The number of rotatable bonds is 3. The monoisotopic (exact) mass is 197 g/mol. The maximum Gasteiger partial charge on any atom is 0.248 e. The van der Waals surface area contributed by atoms with Crippen molar-refractivity contribution in [3.63, 3.8) is 0 Å². The minimum absolute atomic E-state index is 0.0346. The lowest BCUT2D eigenvalue weighted by Crippen LogP contribution is -2.39. The summed E-state index contributed by atoms with van der Waals surface area (Å²) in [5.41, 5.74) is 1.00. The van der Waals surface area contributed by atoms with Crippen molar-refractivity contribution in [3.05, 3.63) is 30.3 Å². The molecule has 14 heavy (non-hydrogen) atoms. The third-order valence-corrected chi connectivity index (χ3v) is 2.54. The van der Waals surface area contributed by atoms with Gasteiger partial charge in [-0.2, -0.15) is 0 Å². The van der Waals surface area contributed by atoms with E-state index in [2.05, 4.69) is 5.32 Å². The predicted octanol–water partition coefficient (Wildman–Crippen LogP) is 3.14. The van der Waals surface area contributed by atoms with E-state index in [-0.39, 0.29) is 18.8 Å². The average Bonchev–Trinajstić information content (AvgIpc) is 2.13. The number of para-hydroxylation sites is 1. The van der Waals surface area contributed by atoms with E-state index in [1.165, 1.54) is 0 Å². The van der Waals surface area contributed by atoms with Crippen molar-refractivity contribution in [2.75, 3.05) is 11.9 Å². The lowest BCUT2D eigenvalue weighted by Gasteiger charge is -2.35. The zero-order valence-electron chi connectivity index (χ0n) is 7.84. The van der Waals surface area contributed by atoms with Gasteiger partial charge < -0.3 is 5.32 Å². The first-order chi connectivity index (χ1) is 6.66. The second-order valence-corrected chi connectivity index (χ2v) is 3.88. The van der Waals surface area contributed by atoms with Gasteiger partial charge in [-0.1, -0.05) is 18.2 Å². The molecule has 1 aliphatic rings. The molecule has 76 valence electrons. The number of benzene rings is 1. The molecule has 0 atom stereocenters. The van der Waals surface area contributed by atoms with E-state index in [0.29, 0.717) is 6.54 Å². The molecule has 0 unspecified atom stereocenters. The average molecular weight is 197 g/mol. The molecular formula is C11H13F2N. The molecule has 1 saturated carbocycles. The number of hydrogen-bond donors (Lipinski definition) is 1. The lowest BCUT2D eigenvalue weighted by atomic mass is 9.81. The van der Waals surface area contributed by atoms with Gasteiger partial charge in [0, 0.05) is 25.1 Å². The zero-order chi connectivity index (χ0) is 10.0. The van der Waals surface area contributed by atoms with Gasteiger partial charge in [-0.05, 0) is 18.1 Å².